The fraction of sp³-hybridized carbons (Fsp3) is 0.450. The molecule has 0 saturated carbocycles. The van der Waals surface area contributed by atoms with Gasteiger partial charge in [0.1, 0.15) is 0 Å². The zero-order valence-corrected chi connectivity index (χ0v) is 15.8. The second-order valence-corrected chi connectivity index (χ2v) is 5.19. The van der Waals surface area contributed by atoms with Gasteiger partial charge in [-0.15, -0.1) is 0 Å². The normalized spacial score (nSPS) is 9.78. The van der Waals surface area contributed by atoms with Gasteiger partial charge in [-0.05, 0) is 38.8 Å². The number of benzene rings is 1. The first-order valence-corrected chi connectivity index (χ1v) is 8.72. The number of hydrogen-bond acceptors (Lipinski definition) is 7. The lowest BCUT2D eigenvalue weighted by molar-refractivity contribution is -0.161. The predicted molar refractivity (Wildman–Crippen MR) is 96.8 cm³/mol. The Kier molecular flexibility index (Phi) is 10.1. The predicted octanol–water partition coefficient (Wildman–Crippen LogP) is 2.50. The van der Waals surface area contributed by atoms with Crippen LogP contribution in [0, 0.1) is 17.8 Å². The highest BCUT2D eigenvalue weighted by Gasteiger charge is 2.30. The summed E-state index contributed by atoms with van der Waals surface area (Å²) >= 11 is 0. The van der Waals surface area contributed by atoms with Crippen LogP contribution in [0.3, 0.4) is 0 Å². The molecule has 1 aromatic rings. The molecule has 0 aliphatic heterocycles. The standard InChI is InChI=1S/C20H24O7/c1-4-24-18(21)17(19(22)25-5-2)14-16-11-8-7-10-15(16)12-9-13-27-20(23)26-6-3/h7-8,10-11,17H,4-6,13-14H2,1-3H3. The third-order valence-electron chi connectivity index (χ3n) is 3.33. The zero-order chi connectivity index (χ0) is 20.1. The zero-order valence-electron chi connectivity index (χ0n) is 15.8. The van der Waals surface area contributed by atoms with E-state index in [1.807, 2.05) is 0 Å². The van der Waals surface area contributed by atoms with E-state index in [9.17, 15) is 14.4 Å². The molecule has 7 heteroatoms. The Labute approximate surface area is 158 Å². The first kappa shape index (κ1) is 22.0. The maximum absolute atomic E-state index is 12.1. The van der Waals surface area contributed by atoms with Crippen LogP contribution < -0.4 is 0 Å². The van der Waals surface area contributed by atoms with Crippen LogP contribution >= 0.6 is 0 Å². The number of carbonyl (C=O) groups excluding carboxylic acids is 3. The molecule has 0 heterocycles. The van der Waals surface area contributed by atoms with Gasteiger partial charge in [0.15, 0.2) is 12.5 Å². The van der Waals surface area contributed by atoms with Crippen molar-refractivity contribution in [3.8, 4) is 11.8 Å². The number of carbonyl (C=O) groups is 3. The Bertz CT molecular complexity index is 682. The highest BCUT2D eigenvalue weighted by molar-refractivity contribution is 5.95. The van der Waals surface area contributed by atoms with E-state index >= 15 is 0 Å². The molecule has 27 heavy (non-hydrogen) atoms. The molecule has 146 valence electrons. The quantitative estimate of drug-likeness (QED) is 0.298. The van der Waals surface area contributed by atoms with Crippen molar-refractivity contribution in [2.75, 3.05) is 26.4 Å². The summed E-state index contributed by atoms with van der Waals surface area (Å²) in [5, 5.41) is 0. The summed E-state index contributed by atoms with van der Waals surface area (Å²) in [6.45, 7) is 5.44. The Morgan fingerprint density at radius 3 is 2.07 bits per heavy atom. The van der Waals surface area contributed by atoms with E-state index in [2.05, 4.69) is 16.6 Å². The van der Waals surface area contributed by atoms with Gasteiger partial charge in [0.25, 0.3) is 0 Å². The van der Waals surface area contributed by atoms with Gasteiger partial charge in [-0.25, -0.2) is 4.79 Å². The molecule has 0 aliphatic rings. The van der Waals surface area contributed by atoms with Gasteiger partial charge in [-0.3, -0.25) is 9.59 Å². The molecule has 7 nitrogen and oxygen atoms in total. The van der Waals surface area contributed by atoms with Crippen molar-refractivity contribution in [2.24, 2.45) is 5.92 Å². The topological polar surface area (TPSA) is 88.1 Å². The molecule has 0 N–H and O–H groups in total. The molecule has 0 unspecified atom stereocenters. The van der Waals surface area contributed by atoms with Gasteiger partial charge >= 0.3 is 18.1 Å². The van der Waals surface area contributed by atoms with Gasteiger partial charge in [0.2, 0.25) is 0 Å². The summed E-state index contributed by atoms with van der Waals surface area (Å²) < 4.78 is 19.4. The van der Waals surface area contributed by atoms with Crippen LogP contribution in [0.15, 0.2) is 24.3 Å². The third-order valence-corrected chi connectivity index (χ3v) is 3.33. The van der Waals surface area contributed by atoms with Gasteiger partial charge in [-0.1, -0.05) is 30.0 Å². The van der Waals surface area contributed by atoms with Crippen molar-refractivity contribution in [1.29, 1.82) is 0 Å². The molecule has 0 aromatic heterocycles. The summed E-state index contributed by atoms with van der Waals surface area (Å²) in [6, 6.07) is 7.08. The van der Waals surface area contributed by atoms with Gasteiger partial charge in [-0.2, -0.15) is 0 Å². The lowest BCUT2D eigenvalue weighted by Crippen LogP contribution is -2.30. The minimum Gasteiger partial charge on any atom is -0.465 e. The Morgan fingerprint density at radius 1 is 0.889 bits per heavy atom. The molecular formula is C20H24O7. The fourth-order valence-corrected chi connectivity index (χ4v) is 2.17. The van der Waals surface area contributed by atoms with Gasteiger partial charge in [0.05, 0.1) is 19.8 Å². The summed E-state index contributed by atoms with van der Waals surface area (Å²) in [5.41, 5.74) is 1.30. The number of ether oxygens (including phenoxy) is 4. The largest absolute Gasteiger partial charge is 0.509 e. The first-order valence-electron chi connectivity index (χ1n) is 8.72. The monoisotopic (exact) mass is 376 g/mol. The number of hydrogen-bond donors (Lipinski definition) is 0. The van der Waals surface area contributed by atoms with E-state index in [1.54, 1.807) is 45.0 Å². The molecule has 0 radical (unpaired) electrons. The summed E-state index contributed by atoms with van der Waals surface area (Å²) in [6.07, 6.45) is -0.689. The minimum atomic E-state index is -1.07. The van der Waals surface area contributed by atoms with Crippen LogP contribution in [0.5, 0.6) is 0 Å². The van der Waals surface area contributed by atoms with Crippen molar-refractivity contribution in [1.82, 2.24) is 0 Å². The highest BCUT2D eigenvalue weighted by Crippen LogP contribution is 2.16. The summed E-state index contributed by atoms with van der Waals surface area (Å²) in [4.78, 5) is 35.4. The molecule has 0 fully saturated rings. The van der Waals surface area contributed by atoms with E-state index in [-0.39, 0.29) is 32.8 Å². The Balaban J connectivity index is 2.91. The Morgan fingerprint density at radius 2 is 1.48 bits per heavy atom. The van der Waals surface area contributed by atoms with Crippen LogP contribution in [0.4, 0.5) is 4.79 Å². The average Bonchev–Trinajstić information content (AvgIpc) is 2.64. The molecular weight excluding hydrogens is 352 g/mol. The fourth-order valence-electron chi connectivity index (χ4n) is 2.17. The molecule has 0 spiro atoms. The maximum atomic E-state index is 12.1. The highest BCUT2D eigenvalue weighted by atomic mass is 16.7. The van der Waals surface area contributed by atoms with Gasteiger partial charge in [0, 0.05) is 5.56 Å². The summed E-state index contributed by atoms with van der Waals surface area (Å²) in [5.74, 6) is 3.24. The van der Waals surface area contributed by atoms with Crippen LogP contribution in [-0.4, -0.2) is 44.5 Å². The van der Waals surface area contributed by atoms with E-state index in [4.69, 9.17) is 14.2 Å². The first-order chi connectivity index (χ1) is 13.0. The van der Waals surface area contributed by atoms with Gasteiger partial charge < -0.3 is 18.9 Å². The van der Waals surface area contributed by atoms with E-state index in [0.29, 0.717) is 11.1 Å². The van der Waals surface area contributed by atoms with Crippen molar-refractivity contribution in [2.45, 2.75) is 27.2 Å². The maximum Gasteiger partial charge on any atom is 0.509 e. The van der Waals surface area contributed by atoms with Crippen molar-refractivity contribution in [3.05, 3.63) is 35.4 Å². The van der Waals surface area contributed by atoms with Crippen molar-refractivity contribution < 1.29 is 33.3 Å². The van der Waals surface area contributed by atoms with Crippen LogP contribution in [0.1, 0.15) is 31.9 Å². The molecule has 0 amide bonds. The molecule has 0 aliphatic carbocycles. The van der Waals surface area contributed by atoms with Crippen molar-refractivity contribution >= 4 is 18.1 Å². The van der Waals surface area contributed by atoms with Crippen LogP contribution in [-0.2, 0) is 35.0 Å². The Hall–Kier alpha value is -3.01. The average molecular weight is 376 g/mol. The second-order valence-electron chi connectivity index (χ2n) is 5.19. The molecule has 0 saturated heterocycles. The second kappa shape index (κ2) is 12.4. The third kappa shape index (κ3) is 7.82. The van der Waals surface area contributed by atoms with Crippen LogP contribution in [0.2, 0.25) is 0 Å². The SMILES string of the molecule is CCOC(=O)OCC#Cc1ccccc1CC(C(=O)OCC)C(=O)OCC. The van der Waals surface area contributed by atoms with E-state index in [0.717, 1.165) is 0 Å². The summed E-state index contributed by atoms with van der Waals surface area (Å²) in [7, 11) is 0. The van der Waals surface area contributed by atoms with Crippen LogP contribution in [0.25, 0.3) is 0 Å². The van der Waals surface area contributed by atoms with E-state index in [1.165, 1.54) is 0 Å². The van der Waals surface area contributed by atoms with Crippen molar-refractivity contribution in [3.63, 3.8) is 0 Å². The number of rotatable bonds is 8. The van der Waals surface area contributed by atoms with E-state index < -0.39 is 24.0 Å². The molecule has 1 aromatic carbocycles. The molecule has 0 atom stereocenters. The lowest BCUT2D eigenvalue weighted by Gasteiger charge is -2.15. The smallest absolute Gasteiger partial charge is 0.465 e. The lowest BCUT2D eigenvalue weighted by atomic mass is 9.95. The number of esters is 2. The molecule has 0 bridgehead atoms. The molecule has 1 rings (SSSR count). The minimum absolute atomic E-state index is 0.0985.